The van der Waals surface area contributed by atoms with Crippen molar-refractivity contribution >= 4 is 0 Å². The molecule has 1 aliphatic rings. The molecule has 18 heavy (non-hydrogen) atoms. The number of aryl methyl sites for hydroxylation is 1. The van der Waals surface area contributed by atoms with Gasteiger partial charge in [0.25, 0.3) is 0 Å². The van der Waals surface area contributed by atoms with Gasteiger partial charge in [-0.2, -0.15) is 0 Å². The summed E-state index contributed by atoms with van der Waals surface area (Å²) in [6, 6.07) is 6.21. The molecule has 0 amide bonds. The van der Waals surface area contributed by atoms with E-state index in [2.05, 4.69) is 42.4 Å². The van der Waals surface area contributed by atoms with Gasteiger partial charge in [0.1, 0.15) is 0 Å². The number of nitrogens with zero attached hydrogens (tertiary/aromatic N) is 1. The molecule has 0 aliphatic heterocycles. The van der Waals surface area contributed by atoms with Crippen LogP contribution in [-0.4, -0.2) is 11.5 Å². The standard InChI is InChI=1S/C16H24N2/c1-12-7-13(2)9-15(8-12)10-17-11-16-6-4-5-14(3)18-16/h4-7,12,15,17H,8-11H2,1-3H3. The Kier molecular flexibility index (Phi) is 4.54. The number of pyridine rings is 1. The molecule has 1 aromatic heterocycles. The van der Waals surface area contributed by atoms with Crippen molar-refractivity contribution in [1.29, 1.82) is 0 Å². The van der Waals surface area contributed by atoms with Gasteiger partial charge in [-0.25, -0.2) is 0 Å². The van der Waals surface area contributed by atoms with Crippen molar-refractivity contribution in [2.24, 2.45) is 11.8 Å². The maximum Gasteiger partial charge on any atom is 0.0544 e. The van der Waals surface area contributed by atoms with Crippen LogP contribution in [0.3, 0.4) is 0 Å². The monoisotopic (exact) mass is 244 g/mol. The lowest BCUT2D eigenvalue weighted by Crippen LogP contribution is -2.26. The summed E-state index contributed by atoms with van der Waals surface area (Å²) in [6.45, 7) is 8.60. The van der Waals surface area contributed by atoms with Crippen LogP contribution in [0.2, 0.25) is 0 Å². The van der Waals surface area contributed by atoms with E-state index < -0.39 is 0 Å². The molecule has 1 heterocycles. The van der Waals surface area contributed by atoms with E-state index in [-0.39, 0.29) is 0 Å². The molecule has 2 nitrogen and oxygen atoms in total. The molecule has 0 spiro atoms. The Hall–Kier alpha value is -1.15. The molecule has 0 aromatic carbocycles. The third kappa shape index (κ3) is 3.95. The lowest BCUT2D eigenvalue weighted by molar-refractivity contribution is 0.380. The first kappa shape index (κ1) is 13.3. The highest BCUT2D eigenvalue weighted by Crippen LogP contribution is 2.27. The van der Waals surface area contributed by atoms with Crippen LogP contribution in [0.15, 0.2) is 29.8 Å². The van der Waals surface area contributed by atoms with Crippen molar-refractivity contribution < 1.29 is 0 Å². The largest absolute Gasteiger partial charge is 0.311 e. The molecule has 0 saturated heterocycles. The number of hydrogen-bond acceptors (Lipinski definition) is 2. The Morgan fingerprint density at radius 1 is 1.33 bits per heavy atom. The summed E-state index contributed by atoms with van der Waals surface area (Å²) < 4.78 is 0. The summed E-state index contributed by atoms with van der Waals surface area (Å²) >= 11 is 0. The third-order valence-corrected chi connectivity index (χ3v) is 3.57. The zero-order valence-corrected chi connectivity index (χ0v) is 11.7. The lowest BCUT2D eigenvalue weighted by Gasteiger charge is -2.25. The van der Waals surface area contributed by atoms with Crippen LogP contribution in [-0.2, 0) is 6.54 Å². The van der Waals surface area contributed by atoms with E-state index in [0.29, 0.717) is 0 Å². The molecule has 0 bridgehead atoms. The number of aromatic nitrogens is 1. The predicted octanol–water partition coefficient (Wildman–Crippen LogP) is 3.47. The Balaban J connectivity index is 1.77. The molecule has 2 atom stereocenters. The maximum absolute atomic E-state index is 4.51. The van der Waals surface area contributed by atoms with Crippen LogP contribution in [0.4, 0.5) is 0 Å². The van der Waals surface area contributed by atoms with E-state index in [1.165, 1.54) is 12.8 Å². The summed E-state index contributed by atoms with van der Waals surface area (Å²) in [4.78, 5) is 4.51. The fourth-order valence-corrected chi connectivity index (χ4v) is 2.94. The number of rotatable bonds is 4. The van der Waals surface area contributed by atoms with Gasteiger partial charge in [-0.05, 0) is 57.2 Å². The number of hydrogen-bond donors (Lipinski definition) is 1. The molecular formula is C16H24N2. The Morgan fingerprint density at radius 3 is 2.89 bits per heavy atom. The fraction of sp³-hybridized carbons (Fsp3) is 0.562. The first-order valence-corrected chi connectivity index (χ1v) is 6.94. The quantitative estimate of drug-likeness (QED) is 0.820. The molecule has 2 rings (SSSR count). The normalized spacial score (nSPS) is 23.8. The third-order valence-electron chi connectivity index (χ3n) is 3.57. The van der Waals surface area contributed by atoms with Crippen LogP contribution in [0, 0.1) is 18.8 Å². The minimum atomic E-state index is 0.739. The van der Waals surface area contributed by atoms with E-state index in [4.69, 9.17) is 0 Å². The van der Waals surface area contributed by atoms with Gasteiger partial charge in [0, 0.05) is 12.2 Å². The van der Waals surface area contributed by atoms with Crippen LogP contribution < -0.4 is 5.32 Å². The molecule has 1 N–H and O–H groups in total. The average Bonchev–Trinajstić information content (AvgIpc) is 2.27. The van der Waals surface area contributed by atoms with Crippen molar-refractivity contribution in [3.8, 4) is 0 Å². The van der Waals surface area contributed by atoms with E-state index in [1.54, 1.807) is 5.57 Å². The second-order valence-electron chi connectivity index (χ2n) is 5.70. The minimum absolute atomic E-state index is 0.739. The van der Waals surface area contributed by atoms with Gasteiger partial charge in [-0.1, -0.05) is 24.6 Å². The summed E-state index contributed by atoms with van der Waals surface area (Å²) in [5, 5.41) is 3.55. The van der Waals surface area contributed by atoms with E-state index >= 15 is 0 Å². The average molecular weight is 244 g/mol. The van der Waals surface area contributed by atoms with Gasteiger partial charge < -0.3 is 5.32 Å². The fourth-order valence-electron chi connectivity index (χ4n) is 2.94. The molecule has 2 heteroatoms. The second kappa shape index (κ2) is 6.14. The van der Waals surface area contributed by atoms with Gasteiger partial charge in [0.2, 0.25) is 0 Å². The summed E-state index contributed by atoms with van der Waals surface area (Å²) in [6.07, 6.45) is 4.97. The predicted molar refractivity (Wildman–Crippen MR) is 76.3 cm³/mol. The molecular weight excluding hydrogens is 220 g/mol. The molecule has 98 valence electrons. The Bertz CT molecular complexity index is 423. The van der Waals surface area contributed by atoms with Crippen molar-refractivity contribution in [2.75, 3.05) is 6.54 Å². The smallest absolute Gasteiger partial charge is 0.0544 e. The van der Waals surface area contributed by atoms with Crippen LogP contribution in [0.5, 0.6) is 0 Å². The van der Waals surface area contributed by atoms with Gasteiger partial charge >= 0.3 is 0 Å². The second-order valence-corrected chi connectivity index (χ2v) is 5.70. The van der Waals surface area contributed by atoms with E-state index in [1.807, 2.05) is 13.0 Å². The van der Waals surface area contributed by atoms with Gasteiger partial charge in [-0.15, -0.1) is 0 Å². The zero-order valence-electron chi connectivity index (χ0n) is 11.7. The topological polar surface area (TPSA) is 24.9 Å². The molecule has 1 aliphatic carbocycles. The highest BCUT2D eigenvalue weighted by molar-refractivity contribution is 5.10. The Labute approximate surface area is 111 Å². The number of nitrogens with one attached hydrogen (secondary N) is 1. The molecule has 1 aromatic rings. The Morgan fingerprint density at radius 2 is 2.17 bits per heavy atom. The van der Waals surface area contributed by atoms with Crippen LogP contribution in [0.25, 0.3) is 0 Å². The van der Waals surface area contributed by atoms with Crippen molar-refractivity contribution in [3.05, 3.63) is 41.2 Å². The summed E-state index contributed by atoms with van der Waals surface area (Å²) in [5.74, 6) is 1.53. The number of allylic oxidation sites excluding steroid dienone is 2. The van der Waals surface area contributed by atoms with E-state index in [0.717, 1.165) is 36.3 Å². The van der Waals surface area contributed by atoms with Gasteiger partial charge in [0.05, 0.1) is 5.69 Å². The first-order valence-electron chi connectivity index (χ1n) is 6.94. The molecule has 0 saturated carbocycles. The minimum Gasteiger partial charge on any atom is -0.311 e. The molecule has 0 fully saturated rings. The lowest BCUT2D eigenvalue weighted by atomic mass is 9.84. The van der Waals surface area contributed by atoms with Crippen molar-refractivity contribution in [2.45, 2.75) is 40.2 Å². The van der Waals surface area contributed by atoms with Crippen LogP contribution in [0.1, 0.15) is 38.1 Å². The maximum atomic E-state index is 4.51. The zero-order chi connectivity index (χ0) is 13.0. The summed E-state index contributed by atoms with van der Waals surface area (Å²) in [7, 11) is 0. The summed E-state index contributed by atoms with van der Waals surface area (Å²) in [5.41, 5.74) is 3.79. The highest BCUT2D eigenvalue weighted by atomic mass is 14.9. The van der Waals surface area contributed by atoms with Crippen LogP contribution >= 0.6 is 0 Å². The van der Waals surface area contributed by atoms with Gasteiger partial charge in [0.15, 0.2) is 0 Å². The van der Waals surface area contributed by atoms with Crippen molar-refractivity contribution in [3.63, 3.8) is 0 Å². The SMILES string of the molecule is CC1=CC(C)CC(CNCc2cccc(C)n2)C1. The van der Waals surface area contributed by atoms with E-state index in [9.17, 15) is 0 Å². The van der Waals surface area contributed by atoms with Crippen molar-refractivity contribution in [1.82, 2.24) is 10.3 Å². The molecule has 0 radical (unpaired) electrons. The molecule has 2 unspecified atom stereocenters. The highest BCUT2D eigenvalue weighted by Gasteiger charge is 2.17. The van der Waals surface area contributed by atoms with Gasteiger partial charge in [-0.3, -0.25) is 4.98 Å². The first-order chi connectivity index (χ1) is 8.63.